The molecule has 1 heterocycles. The Balaban J connectivity index is 1.49. The summed E-state index contributed by atoms with van der Waals surface area (Å²) in [6.07, 6.45) is 1.89. The van der Waals surface area contributed by atoms with Crippen molar-refractivity contribution in [1.82, 2.24) is 9.55 Å². The number of carbonyl (C=O) groups excluding carboxylic acids is 1. The molecule has 4 aromatic carbocycles. The first-order chi connectivity index (χ1) is 14.6. The minimum Gasteiger partial charge on any atom is -0.366 e. The van der Waals surface area contributed by atoms with Crippen LogP contribution in [0.3, 0.4) is 0 Å². The molecule has 0 fully saturated rings. The number of hydrogen-bond donors (Lipinski definition) is 1. The third-order valence-electron chi connectivity index (χ3n) is 5.62. The van der Waals surface area contributed by atoms with Crippen LogP contribution in [-0.2, 0) is 6.54 Å². The number of benzene rings is 4. The lowest BCUT2D eigenvalue weighted by atomic mass is 10.0. The molecule has 5 aromatic rings. The SMILES string of the molecule is Cc1ccccc1-c1ccc2c(c1)ncn2Cc1ccc2ccc(C(N)=O)cc2c1. The molecule has 0 aliphatic heterocycles. The van der Waals surface area contributed by atoms with E-state index in [2.05, 4.69) is 77.1 Å². The van der Waals surface area contributed by atoms with Gasteiger partial charge in [-0.1, -0.05) is 48.5 Å². The van der Waals surface area contributed by atoms with Crippen LogP contribution in [0.1, 0.15) is 21.5 Å². The van der Waals surface area contributed by atoms with E-state index >= 15 is 0 Å². The van der Waals surface area contributed by atoms with E-state index in [1.54, 1.807) is 6.07 Å². The molecular weight excluding hydrogens is 370 g/mol. The number of hydrogen-bond acceptors (Lipinski definition) is 2. The Hall–Kier alpha value is -3.92. The minimum atomic E-state index is -0.410. The maximum absolute atomic E-state index is 11.5. The first-order valence-corrected chi connectivity index (χ1v) is 9.92. The molecule has 2 N–H and O–H groups in total. The summed E-state index contributed by atoms with van der Waals surface area (Å²) < 4.78 is 2.15. The van der Waals surface area contributed by atoms with Gasteiger partial charge in [0.05, 0.1) is 17.4 Å². The molecule has 4 nitrogen and oxygen atoms in total. The van der Waals surface area contributed by atoms with Crippen molar-refractivity contribution in [3.63, 3.8) is 0 Å². The largest absolute Gasteiger partial charge is 0.366 e. The summed E-state index contributed by atoms with van der Waals surface area (Å²) in [7, 11) is 0. The van der Waals surface area contributed by atoms with Crippen LogP contribution in [0.2, 0.25) is 0 Å². The number of amides is 1. The molecular formula is C26H21N3O. The maximum Gasteiger partial charge on any atom is 0.248 e. The summed E-state index contributed by atoms with van der Waals surface area (Å²) >= 11 is 0. The van der Waals surface area contributed by atoms with Crippen LogP contribution in [0, 0.1) is 6.92 Å². The minimum absolute atomic E-state index is 0.410. The van der Waals surface area contributed by atoms with Crippen LogP contribution in [0.5, 0.6) is 0 Å². The van der Waals surface area contributed by atoms with Crippen molar-refractivity contribution in [2.75, 3.05) is 0 Å². The summed E-state index contributed by atoms with van der Waals surface area (Å²) in [5.41, 5.74) is 12.8. The Bertz CT molecular complexity index is 1410. The number of aromatic nitrogens is 2. The molecule has 0 unspecified atom stereocenters. The fourth-order valence-electron chi connectivity index (χ4n) is 4.00. The third-order valence-corrected chi connectivity index (χ3v) is 5.62. The molecule has 0 atom stereocenters. The van der Waals surface area contributed by atoms with Crippen molar-refractivity contribution in [1.29, 1.82) is 0 Å². The molecule has 0 radical (unpaired) electrons. The lowest BCUT2D eigenvalue weighted by Gasteiger charge is -2.09. The molecule has 30 heavy (non-hydrogen) atoms. The van der Waals surface area contributed by atoms with Crippen molar-refractivity contribution in [3.05, 3.63) is 102 Å². The first kappa shape index (κ1) is 18.1. The average Bonchev–Trinajstić information content (AvgIpc) is 3.15. The predicted octanol–water partition coefficient (Wildman–Crippen LogP) is 5.31. The Morgan fingerprint density at radius 1 is 0.933 bits per heavy atom. The fraction of sp³-hybridized carbons (Fsp3) is 0.0769. The van der Waals surface area contributed by atoms with Crippen LogP contribution in [0.15, 0.2) is 85.2 Å². The summed E-state index contributed by atoms with van der Waals surface area (Å²) in [5, 5.41) is 2.09. The topological polar surface area (TPSA) is 60.9 Å². The normalized spacial score (nSPS) is 11.2. The highest BCUT2D eigenvalue weighted by Crippen LogP contribution is 2.27. The number of nitrogens with two attached hydrogens (primary N) is 1. The third kappa shape index (κ3) is 3.22. The molecule has 0 saturated heterocycles. The second-order valence-electron chi connectivity index (χ2n) is 7.65. The second kappa shape index (κ2) is 7.16. The number of primary amides is 1. The van der Waals surface area contributed by atoms with Crippen molar-refractivity contribution >= 4 is 27.7 Å². The van der Waals surface area contributed by atoms with Crippen molar-refractivity contribution < 1.29 is 4.79 Å². The van der Waals surface area contributed by atoms with Crippen molar-refractivity contribution in [2.45, 2.75) is 13.5 Å². The van der Waals surface area contributed by atoms with Gasteiger partial charge in [0.1, 0.15) is 0 Å². The van der Waals surface area contributed by atoms with Gasteiger partial charge in [0.25, 0.3) is 0 Å². The molecule has 0 bridgehead atoms. The first-order valence-electron chi connectivity index (χ1n) is 9.92. The standard InChI is InChI=1S/C26H21N3O/c1-17-4-2-3-5-23(17)20-10-11-25-24(14-20)28-16-29(25)15-18-6-7-19-8-9-21(26(27)30)13-22(19)12-18/h2-14,16H,15H2,1H3,(H2,27,30). The van der Waals surface area contributed by atoms with E-state index in [4.69, 9.17) is 5.73 Å². The molecule has 4 heteroatoms. The van der Waals surface area contributed by atoms with Gasteiger partial charge in [0.15, 0.2) is 0 Å². The van der Waals surface area contributed by atoms with Gasteiger partial charge in [0.2, 0.25) is 5.91 Å². The Morgan fingerprint density at radius 2 is 1.77 bits per heavy atom. The van der Waals surface area contributed by atoms with E-state index in [0.29, 0.717) is 12.1 Å². The highest BCUT2D eigenvalue weighted by Gasteiger charge is 2.08. The summed E-state index contributed by atoms with van der Waals surface area (Å²) in [6.45, 7) is 2.83. The lowest BCUT2D eigenvalue weighted by Crippen LogP contribution is -2.10. The Morgan fingerprint density at radius 3 is 2.60 bits per heavy atom. The summed E-state index contributed by atoms with van der Waals surface area (Å²) in [5.74, 6) is -0.410. The zero-order chi connectivity index (χ0) is 20.7. The van der Waals surface area contributed by atoms with Gasteiger partial charge in [0, 0.05) is 12.1 Å². The zero-order valence-corrected chi connectivity index (χ0v) is 16.7. The van der Waals surface area contributed by atoms with Gasteiger partial charge in [-0.05, 0) is 70.3 Å². The van der Waals surface area contributed by atoms with Gasteiger partial charge >= 0.3 is 0 Å². The van der Waals surface area contributed by atoms with Crippen molar-refractivity contribution in [3.8, 4) is 11.1 Å². The molecule has 0 aliphatic carbocycles. The molecule has 146 valence electrons. The van der Waals surface area contributed by atoms with E-state index in [-0.39, 0.29) is 0 Å². The number of nitrogens with zero attached hydrogens (tertiary/aromatic N) is 2. The van der Waals surface area contributed by atoms with Crippen LogP contribution in [0.4, 0.5) is 0 Å². The Labute approximate surface area is 174 Å². The molecule has 5 rings (SSSR count). The predicted molar refractivity (Wildman–Crippen MR) is 121 cm³/mol. The van der Waals surface area contributed by atoms with Gasteiger partial charge in [-0.2, -0.15) is 0 Å². The van der Waals surface area contributed by atoms with Gasteiger partial charge in [-0.25, -0.2) is 4.98 Å². The van der Waals surface area contributed by atoms with E-state index in [9.17, 15) is 4.79 Å². The maximum atomic E-state index is 11.5. The van der Waals surface area contributed by atoms with Crippen molar-refractivity contribution in [2.24, 2.45) is 5.73 Å². The summed E-state index contributed by atoms with van der Waals surface area (Å²) in [4.78, 5) is 16.1. The van der Waals surface area contributed by atoms with Gasteiger partial charge in [-0.15, -0.1) is 0 Å². The van der Waals surface area contributed by atoms with Crippen LogP contribution < -0.4 is 5.73 Å². The number of aryl methyl sites for hydroxylation is 1. The smallest absolute Gasteiger partial charge is 0.248 e. The highest BCUT2D eigenvalue weighted by molar-refractivity contribution is 5.97. The molecule has 0 aliphatic rings. The molecule has 1 amide bonds. The van der Waals surface area contributed by atoms with Crippen LogP contribution in [-0.4, -0.2) is 15.5 Å². The zero-order valence-electron chi connectivity index (χ0n) is 16.7. The molecule has 0 saturated carbocycles. The quantitative estimate of drug-likeness (QED) is 0.451. The highest BCUT2D eigenvalue weighted by atomic mass is 16.1. The summed E-state index contributed by atoms with van der Waals surface area (Å²) in [6, 6.07) is 26.7. The van der Waals surface area contributed by atoms with E-state index < -0.39 is 5.91 Å². The average molecular weight is 391 g/mol. The van der Waals surface area contributed by atoms with Crippen LogP contribution >= 0.6 is 0 Å². The van der Waals surface area contributed by atoms with E-state index in [1.165, 1.54) is 16.7 Å². The van der Waals surface area contributed by atoms with Gasteiger partial charge < -0.3 is 10.3 Å². The number of fused-ring (bicyclic) bond motifs is 2. The monoisotopic (exact) mass is 391 g/mol. The number of rotatable bonds is 4. The lowest BCUT2D eigenvalue weighted by molar-refractivity contribution is 0.100. The van der Waals surface area contributed by atoms with E-state index in [0.717, 1.165) is 27.4 Å². The Kier molecular flexibility index (Phi) is 4.32. The second-order valence-corrected chi connectivity index (χ2v) is 7.65. The van der Waals surface area contributed by atoms with Gasteiger partial charge in [-0.3, -0.25) is 4.79 Å². The number of carbonyl (C=O) groups is 1. The number of imidazole rings is 1. The molecule has 0 spiro atoms. The molecule has 1 aromatic heterocycles. The fourth-order valence-corrected chi connectivity index (χ4v) is 4.00. The van der Waals surface area contributed by atoms with Crippen LogP contribution in [0.25, 0.3) is 32.9 Å². The van der Waals surface area contributed by atoms with E-state index in [1.807, 2.05) is 18.5 Å².